The quantitative estimate of drug-likeness (QED) is 0.701. The molecule has 5 nitrogen and oxygen atoms in total. The molecule has 2 aliphatic heterocycles. The van der Waals surface area contributed by atoms with Gasteiger partial charge in [-0.2, -0.15) is 0 Å². The molecule has 0 saturated carbocycles. The zero-order valence-electron chi connectivity index (χ0n) is 15.9. The molecule has 4 rings (SSSR count). The molecular weight excluding hydrogens is 441 g/mol. The van der Waals surface area contributed by atoms with Crippen molar-refractivity contribution in [1.29, 1.82) is 0 Å². The minimum atomic E-state index is -0.284. The lowest BCUT2D eigenvalue weighted by atomic mass is 9.99. The Morgan fingerprint density at radius 2 is 1.83 bits per heavy atom. The van der Waals surface area contributed by atoms with Gasteiger partial charge in [0, 0.05) is 35.0 Å². The lowest BCUT2D eigenvalue weighted by Gasteiger charge is -2.38. The number of hydrogen-bond acceptors (Lipinski definition) is 4. The molecule has 2 saturated heterocycles. The molecule has 2 atom stereocenters. The van der Waals surface area contributed by atoms with Crippen LogP contribution < -0.4 is 9.47 Å². The maximum absolute atomic E-state index is 13.1. The number of carbonyl (C=O) groups is 1. The Kier molecular flexibility index (Phi) is 6.06. The van der Waals surface area contributed by atoms with E-state index in [1.807, 2.05) is 11.0 Å². The van der Waals surface area contributed by atoms with Gasteiger partial charge < -0.3 is 19.5 Å². The molecule has 2 aromatic rings. The SMILES string of the molecule is O=C(COc1ccc(Br)cc1CO)N1C2CCC1CC(Oc1ccc(F)cc1)C2. The van der Waals surface area contributed by atoms with Gasteiger partial charge in [-0.05, 0) is 55.3 Å². The number of hydrogen-bond donors (Lipinski definition) is 1. The summed E-state index contributed by atoms with van der Waals surface area (Å²) in [6.07, 6.45) is 3.47. The maximum Gasteiger partial charge on any atom is 0.261 e. The van der Waals surface area contributed by atoms with Gasteiger partial charge in [-0.1, -0.05) is 15.9 Å². The van der Waals surface area contributed by atoms with Crippen LogP contribution in [0.4, 0.5) is 4.39 Å². The van der Waals surface area contributed by atoms with Crippen molar-refractivity contribution >= 4 is 21.8 Å². The summed E-state index contributed by atoms with van der Waals surface area (Å²) in [4.78, 5) is 14.8. The van der Waals surface area contributed by atoms with Crippen molar-refractivity contribution in [3.05, 3.63) is 58.3 Å². The predicted molar refractivity (Wildman–Crippen MR) is 109 cm³/mol. The van der Waals surface area contributed by atoms with E-state index in [1.165, 1.54) is 12.1 Å². The fraction of sp³-hybridized carbons (Fsp3) is 0.409. The van der Waals surface area contributed by atoms with Crippen LogP contribution in [0.25, 0.3) is 0 Å². The van der Waals surface area contributed by atoms with E-state index in [2.05, 4.69) is 15.9 Å². The van der Waals surface area contributed by atoms with Crippen molar-refractivity contribution in [2.24, 2.45) is 0 Å². The second-order valence-corrected chi connectivity index (χ2v) is 8.47. The largest absolute Gasteiger partial charge is 0.490 e. The van der Waals surface area contributed by atoms with Gasteiger partial charge in [0.1, 0.15) is 23.4 Å². The van der Waals surface area contributed by atoms with Crippen LogP contribution in [-0.4, -0.2) is 40.7 Å². The topological polar surface area (TPSA) is 59.0 Å². The summed E-state index contributed by atoms with van der Waals surface area (Å²) in [6, 6.07) is 11.7. The first-order valence-corrected chi connectivity index (χ1v) is 10.6. The maximum atomic E-state index is 13.1. The van der Waals surface area contributed by atoms with Gasteiger partial charge in [0.15, 0.2) is 6.61 Å². The lowest BCUT2D eigenvalue weighted by molar-refractivity contribution is -0.139. The van der Waals surface area contributed by atoms with Crippen LogP contribution >= 0.6 is 15.9 Å². The summed E-state index contributed by atoms with van der Waals surface area (Å²) < 4.78 is 25.7. The van der Waals surface area contributed by atoms with E-state index < -0.39 is 0 Å². The number of carbonyl (C=O) groups excluding carboxylic acids is 1. The highest BCUT2D eigenvalue weighted by Gasteiger charge is 2.44. The number of piperidine rings is 1. The summed E-state index contributed by atoms with van der Waals surface area (Å²) in [5.74, 6) is 0.856. The highest BCUT2D eigenvalue weighted by molar-refractivity contribution is 9.10. The third kappa shape index (κ3) is 4.56. The first-order valence-electron chi connectivity index (χ1n) is 9.79. The molecule has 2 aromatic carbocycles. The predicted octanol–water partition coefficient (Wildman–Crippen LogP) is 4.06. The average molecular weight is 464 g/mol. The smallest absolute Gasteiger partial charge is 0.261 e. The Labute approximate surface area is 177 Å². The van der Waals surface area contributed by atoms with Gasteiger partial charge >= 0.3 is 0 Å². The lowest BCUT2D eigenvalue weighted by Crippen LogP contribution is -2.50. The van der Waals surface area contributed by atoms with E-state index in [-0.39, 0.29) is 43.1 Å². The number of aliphatic hydroxyl groups is 1. The minimum Gasteiger partial charge on any atom is -0.490 e. The molecule has 2 bridgehead atoms. The molecule has 2 aliphatic rings. The van der Waals surface area contributed by atoms with Crippen LogP contribution in [0.1, 0.15) is 31.2 Å². The van der Waals surface area contributed by atoms with Crippen molar-refractivity contribution in [2.45, 2.75) is 50.5 Å². The van der Waals surface area contributed by atoms with Crippen LogP contribution in [0, 0.1) is 5.82 Å². The molecule has 1 amide bonds. The van der Waals surface area contributed by atoms with Crippen LogP contribution in [0.15, 0.2) is 46.9 Å². The van der Waals surface area contributed by atoms with Gasteiger partial charge in [-0.25, -0.2) is 4.39 Å². The Morgan fingerprint density at radius 3 is 2.48 bits per heavy atom. The fourth-order valence-corrected chi connectivity index (χ4v) is 4.77. The summed E-state index contributed by atoms with van der Waals surface area (Å²) in [5, 5.41) is 9.49. The Balaban J connectivity index is 1.35. The number of ether oxygens (including phenoxy) is 2. The highest BCUT2D eigenvalue weighted by atomic mass is 79.9. The molecule has 7 heteroatoms. The number of aliphatic hydroxyl groups excluding tert-OH is 1. The summed E-state index contributed by atoms with van der Waals surface area (Å²) >= 11 is 3.36. The number of benzene rings is 2. The first-order chi connectivity index (χ1) is 14.0. The normalized spacial score (nSPS) is 23.1. The Hall–Kier alpha value is -2.12. The number of nitrogens with zero attached hydrogens (tertiary/aromatic N) is 1. The van der Waals surface area contributed by atoms with Gasteiger partial charge in [-0.15, -0.1) is 0 Å². The van der Waals surface area contributed by atoms with E-state index in [9.17, 15) is 14.3 Å². The number of rotatable bonds is 6. The van der Waals surface area contributed by atoms with E-state index in [4.69, 9.17) is 9.47 Å². The molecule has 2 heterocycles. The van der Waals surface area contributed by atoms with E-state index in [1.54, 1.807) is 24.3 Å². The van der Waals surface area contributed by atoms with Crippen molar-refractivity contribution in [3.8, 4) is 11.5 Å². The van der Waals surface area contributed by atoms with Crippen molar-refractivity contribution in [2.75, 3.05) is 6.61 Å². The first kappa shape index (κ1) is 20.2. The van der Waals surface area contributed by atoms with E-state index >= 15 is 0 Å². The molecule has 1 N–H and O–H groups in total. The molecular formula is C22H23BrFNO4. The molecule has 2 unspecified atom stereocenters. The Morgan fingerprint density at radius 1 is 1.14 bits per heavy atom. The van der Waals surface area contributed by atoms with Gasteiger partial charge in [0.05, 0.1) is 6.61 Å². The van der Waals surface area contributed by atoms with Crippen LogP contribution in [0.3, 0.4) is 0 Å². The molecule has 0 radical (unpaired) electrons. The third-order valence-electron chi connectivity index (χ3n) is 5.64. The number of fused-ring (bicyclic) bond motifs is 2. The second kappa shape index (κ2) is 8.71. The molecule has 154 valence electrons. The zero-order valence-corrected chi connectivity index (χ0v) is 17.5. The summed E-state index contributed by atoms with van der Waals surface area (Å²) in [5.41, 5.74) is 0.640. The van der Waals surface area contributed by atoms with Gasteiger partial charge in [-0.3, -0.25) is 4.79 Å². The molecule has 0 aliphatic carbocycles. The van der Waals surface area contributed by atoms with Crippen molar-refractivity contribution in [1.82, 2.24) is 4.90 Å². The molecule has 29 heavy (non-hydrogen) atoms. The van der Waals surface area contributed by atoms with Crippen LogP contribution in [0.2, 0.25) is 0 Å². The van der Waals surface area contributed by atoms with E-state index in [0.29, 0.717) is 17.1 Å². The monoisotopic (exact) mass is 463 g/mol. The van der Waals surface area contributed by atoms with Crippen molar-refractivity contribution in [3.63, 3.8) is 0 Å². The van der Waals surface area contributed by atoms with Crippen molar-refractivity contribution < 1.29 is 23.8 Å². The highest BCUT2D eigenvalue weighted by Crippen LogP contribution is 2.37. The average Bonchev–Trinajstić information content (AvgIpc) is 2.99. The number of amides is 1. The Bertz CT molecular complexity index is 862. The third-order valence-corrected chi connectivity index (χ3v) is 6.13. The summed E-state index contributed by atoms with van der Waals surface area (Å²) in [7, 11) is 0. The molecule has 0 aromatic heterocycles. The summed E-state index contributed by atoms with van der Waals surface area (Å²) in [6.45, 7) is -0.203. The second-order valence-electron chi connectivity index (χ2n) is 7.55. The minimum absolute atomic E-state index is 0.0235. The number of halogens is 2. The molecule has 2 fully saturated rings. The van der Waals surface area contributed by atoms with Crippen LogP contribution in [-0.2, 0) is 11.4 Å². The zero-order chi connectivity index (χ0) is 20.4. The van der Waals surface area contributed by atoms with E-state index in [0.717, 1.165) is 30.2 Å². The standard InChI is InChI=1S/C22H23BrFNO4/c23-15-1-8-21(14(9-15)12-26)28-13-22(27)25-17-4-5-18(25)11-20(10-17)29-19-6-2-16(24)3-7-19/h1-3,6-9,17-18,20,26H,4-5,10-13H2. The van der Waals surface area contributed by atoms with Gasteiger partial charge in [0.2, 0.25) is 0 Å². The van der Waals surface area contributed by atoms with Crippen LogP contribution in [0.5, 0.6) is 11.5 Å². The molecule has 0 spiro atoms. The van der Waals surface area contributed by atoms with Gasteiger partial charge in [0.25, 0.3) is 5.91 Å². The fourth-order valence-electron chi connectivity index (χ4n) is 4.36.